The second kappa shape index (κ2) is 6.17. The first kappa shape index (κ1) is 14.7. The highest BCUT2D eigenvalue weighted by atomic mass is 16.5. The number of nitrogens with zero attached hydrogens (tertiary/aromatic N) is 2. The van der Waals surface area contributed by atoms with Gasteiger partial charge < -0.3 is 14.9 Å². The molecule has 0 fully saturated rings. The number of ether oxygens (including phenoxy) is 1. The Morgan fingerprint density at radius 3 is 2.86 bits per heavy atom. The van der Waals surface area contributed by atoms with Gasteiger partial charge in [0.05, 0.1) is 18.5 Å². The van der Waals surface area contributed by atoms with Gasteiger partial charge in [0.15, 0.2) is 6.39 Å². The Hall–Kier alpha value is -2.70. The molecule has 0 unspecified atom stereocenters. The monoisotopic (exact) mass is 289 g/mol. The molecule has 1 aromatic rings. The topological polar surface area (TPSA) is 108 Å². The van der Waals surface area contributed by atoms with E-state index >= 15 is 0 Å². The molecule has 0 atom stereocenters. The number of hydrogen-bond donors (Lipinski definition) is 1. The average Bonchev–Trinajstić information content (AvgIpc) is 2.95. The molecule has 2 rings (SSSR count). The molecule has 0 aromatic carbocycles. The molecule has 2 N–H and O–H groups in total. The zero-order chi connectivity index (χ0) is 15.4. The van der Waals surface area contributed by atoms with E-state index in [2.05, 4.69) is 9.98 Å². The van der Waals surface area contributed by atoms with Gasteiger partial charge >= 0.3 is 5.91 Å². The molecule has 1 heterocycles. The fraction of sp³-hybridized carbons (Fsp3) is 0.286. The lowest BCUT2D eigenvalue weighted by atomic mass is 10.0. The first-order valence-corrected chi connectivity index (χ1v) is 6.35. The van der Waals surface area contributed by atoms with Crippen molar-refractivity contribution in [1.29, 1.82) is 0 Å². The summed E-state index contributed by atoms with van der Waals surface area (Å²) in [5.41, 5.74) is 6.51. The molecule has 0 bridgehead atoms. The number of methoxy groups -OCH3 is 1. The maximum Gasteiger partial charge on any atom is 0.314 e. The highest BCUT2D eigenvalue weighted by Gasteiger charge is 2.19. The van der Waals surface area contributed by atoms with Gasteiger partial charge in [-0.25, -0.2) is 9.98 Å². The van der Waals surface area contributed by atoms with Crippen LogP contribution in [0.3, 0.4) is 0 Å². The number of primary amides is 1. The Morgan fingerprint density at radius 1 is 1.48 bits per heavy atom. The third kappa shape index (κ3) is 3.25. The first-order valence-electron chi connectivity index (χ1n) is 6.35. The van der Waals surface area contributed by atoms with E-state index in [1.807, 2.05) is 6.92 Å². The molecule has 0 radical (unpaired) electrons. The van der Waals surface area contributed by atoms with E-state index in [0.717, 1.165) is 0 Å². The molecule has 1 aliphatic carbocycles. The second-order valence-corrected chi connectivity index (χ2v) is 4.35. The Balaban J connectivity index is 2.29. The summed E-state index contributed by atoms with van der Waals surface area (Å²) in [6, 6.07) is 0. The Morgan fingerprint density at radius 2 is 2.24 bits per heavy atom. The van der Waals surface area contributed by atoms with Gasteiger partial charge in [-0.15, -0.1) is 0 Å². The highest BCUT2D eigenvalue weighted by molar-refractivity contribution is 6.12. The Bertz CT molecular complexity index is 668. The number of nitrogens with two attached hydrogens (primary N) is 1. The van der Waals surface area contributed by atoms with Crippen molar-refractivity contribution in [2.24, 2.45) is 10.7 Å². The summed E-state index contributed by atoms with van der Waals surface area (Å²) in [7, 11) is 1.46. The fourth-order valence-corrected chi connectivity index (χ4v) is 1.90. The summed E-state index contributed by atoms with van der Waals surface area (Å²) >= 11 is 0. The molecule has 2 amide bonds. The van der Waals surface area contributed by atoms with E-state index in [9.17, 15) is 9.59 Å². The summed E-state index contributed by atoms with van der Waals surface area (Å²) in [6.07, 6.45) is 5.04. The summed E-state index contributed by atoms with van der Waals surface area (Å²) in [4.78, 5) is 31.3. The van der Waals surface area contributed by atoms with Crippen molar-refractivity contribution in [2.45, 2.75) is 19.8 Å². The van der Waals surface area contributed by atoms with Gasteiger partial charge in [0.25, 0.3) is 0 Å². The van der Waals surface area contributed by atoms with Gasteiger partial charge in [0, 0.05) is 18.1 Å². The number of aromatic nitrogens is 1. The average molecular weight is 289 g/mol. The number of hydrogen-bond acceptors (Lipinski definition) is 5. The molecular formula is C14H15N3O4. The zero-order valence-corrected chi connectivity index (χ0v) is 11.8. The first-order chi connectivity index (χ1) is 10.0. The maximum absolute atomic E-state index is 12.1. The van der Waals surface area contributed by atoms with E-state index in [0.29, 0.717) is 29.2 Å². The van der Waals surface area contributed by atoms with Gasteiger partial charge in [0.1, 0.15) is 5.76 Å². The zero-order valence-electron chi connectivity index (χ0n) is 11.8. The minimum atomic E-state index is -0.577. The number of allylic oxidation sites excluding steroid dienone is 2. The van der Waals surface area contributed by atoms with Crippen molar-refractivity contribution >= 4 is 17.5 Å². The standard InChI is InChI=1S/C14H15N3O4/c1-3-11-12(21-7-16-11)14(19)17-9-4-8(13(15)18)5-10(6-9)20-2/h5-7H,3-4H2,1-2H3,(H2,15,18)/b17-9-. The van der Waals surface area contributed by atoms with Gasteiger partial charge in [-0.1, -0.05) is 6.92 Å². The van der Waals surface area contributed by atoms with Crippen molar-refractivity contribution in [3.63, 3.8) is 0 Å². The molecule has 7 heteroatoms. The van der Waals surface area contributed by atoms with Crippen LogP contribution in [0.2, 0.25) is 0 Å². The van der Waals surface area contributed by atoms with E-state index in [-0.39, 0.29) is 12.2 Å². The normalized spacial score (nSPS) is 16.4. The number of rotatable bonds is 4. The van der Waals surface area contributed by atoms with Crippen molar-refractivity contribution in [3.05, 3.63) is 41.3 Å². The van der Waals surface area contributed by atoms with Crippen molar-refractivity contribution in [2.75, 3.05) is 7.11 Å². The summed E-state index contributed by atoms with van der Waals surface area (Å²) in [6.45, 7) is 1.86. The molecule has 0 aliphatic heterocycles. The van der Waals surface area contributed by atoms with Gasteiger partial charge in [-0.3, -0.25) is 9.59 Å². The van der Waals surface area contributed by atoms with E-state index < -0.39 is 11.8 Å². The van der Waals surface area contributed by atoms with Crippen molar-refractivity contribution in [3.8, 4) is 0 Å². The van der Waals surface area contributed by atoms with Crippen LogP contribution in [0, 0.1) is 0 Å². The number of aliphatic imine (C=N–C) groups is 1. The van der Waals surface area contributed by atoms with Crippen molar-refractivity contribution in [1.82, 2.24) is 4.98 Å². The summed E-state index contributed by atoms with van der Waals surface area (Å²) in [5, 5.41) is 0. The number of carbonyl (C=O) groups excluding carboxylic acids is 2. The number of amides is 2. The van der Waals surface area contributed by atoms with Crippen LogP contribution in [0.25, 0.3) is 0 Å². The van der Waals surface area contributed by atoms with Gasteiger partial charge in [0.2, 0.25) is 11.7 Å². The molecule has 1 aliphatic rings. The SMILES string of the molecule is CCc1ncoc1C(=O)/N=C1\C=C(OC)C=C(C(N)=O)C1. The van der Waals surface area contributed by atoms with Crippen molar-refractivity contribution < 1.29 is 18.7 Å². The van der Waals surface area contributed by atoms with E-state index in [1.165, 1.54) is 19.6 Å². The Labute approximate surface area is 121 Å². The van der Waals surface area contributed by atoms with Crippen LogP contribution in [-0.4, -0.2) is 29.6 Å². The molecule has 21 heavy (non-hydrogen) atoms. The summed E-state index contributed by atoms with van der Waals surface area (Å²) in [5.74, 6) is -0.606. The molecular weight excluding hydrogens is 274 g/mol. The molecule has 1 aromatic heterocycles. The maximum atomic E-state index is 12.1. The molecule has 110 valence electrons. The van der Waals surface area contributed by atoms with Crippen LogP contribution in [0.1, 0.15) is 29.6 Å². The third-order valence-electron chi connectivity index (χ3n) is 2.96. The smallest absolute Gasteiger partial charge is 0.314 e. The van der Waals surface area contributed by atoms with Crippen LogP contribution in [0.15, 0.2) is 39.3 Å². The lowest BCUT2D eigenvalue weighted by Gasteiger charge is -2.12. The number of oxazole rings is 1. The van der Waals surface area contributed by atoms with Crippen LogP contribution < -0.4 is 5.73 Å². The van der Waals surface area contributed by atoms with Gasteiger partial charge in [-0.2, -0.15) is 0 Å². The Kier molecular flexibility index (Phi) is 4.32. The van der Waals surface area contributed by atoms with E-state index in [1.54, 1.807) is 6.08 Å². The van der Waals surface area contributed by atoms with Gasteiger partial charge in [-0.05, 0) is 12.5 Å². The number of aryl methyl sites for hydroxylation is 1. The molecule has 0 saturated carbocycles. The van der Waals surface area contributed by atoms with Crippen LogP contribution >= 0.6 is 0 Å². The minimum absolute atomic E-state index is 0.104. The third-order valence-corrected chi connectivity index (χ3v) is 2.96. The molecule has 0 saturated heterocycles. The van der Waals surface area contributed by atoms with Crippen LogP contribution in [-0.2, 0) is 16.0 Å². The molecule has 0 spiro atoms. The lowest BCUT2D eigenvalue weighted by molar-refractivity contribution is -0.114. The summed E-state index contributed by atoms with van der Waals surface area (Å²) < 4.78 is 10.1. The fourth-order valence-electron chi connectivity index (χ4n) is 1.90. The van der Waals surface area contributed by atoms with E-state index in [4.69, 9.17) is 14.9 Å². The minimum Gasteiger partial charge on any atom is -0.497 e. The van der Waals surface area contributed by atoms with Crippen LogP contribution in [0.4, 0.5) is 0 Å². The predicted octanol–water partition coefficient (Wildman–Crippen LogP) is 1.16. The highest BCUT2D eigenvalue weighted by Crippen LogP contribution is 2.17. The largest absolute Gasteiger partial charge is 0.497 e. The second-order valence-electron chi connectivity index (χ2n) is 4.35. The predicted molar refractivity (Wildman–Crippen MR) is 74.6 cm³/mol. The quantitative estimate of drug-likeness (QED) is 0.894. The lowest BCUT2D eigenvalue weighted by Crippen LogP contribution is -2.19. The number of carbonyl (C=O) groups is 2. The van der Waals surface area contributed by atoms with Crippen LogP contribution in [0.5, 0.6) is 0 Å². The molecule has 7 nitrogen and oxygen atoms in total.